The van der Waals surface area contributed by atoms with Crippen LogP contribution in [0.3, 0.4) is 0 Å². The van der Waals surface area contributed by atoms with Crippen molar-refractivity contribution in [2.75, 3.05) is 11.6 Å². The Morgan fingerprint density at radius 3 is 2.71 bits per heavy atom. The van der Waals surface area contributed by atoms with E-state index in [1.165, 1.54) is 0 Å². The van der Waals surface area contributed by atoms with Gasteiger partial charge in [0.2, 0.25) is 0 Å². The number of carbonyl (C=O) groups excluding carboxylic acids is 1. The van der Waals surface area contributed by atoms with E-state index < -0.39 is 0 Å². The van der Waals surface area contributed by atoms with Crippen molar-refractivity contribution in [2.24, 2.45) is 5.73 Å². The quantitative estimate of drug-likeness (QED) is 0.655. The highest BCUT2D eigenvalue weighted by molar-refractivity contribution is 7.98. The minimum absolute atomic E-state index is 0.141. The first-order chi connectivity index (χ1) is 10.1. The number of hydrogen-bond acceptors (Lipinski definition) is 3. The van der Waals surface area contributed by atoms with Crippen molar-refractivity contribution in [3.8, 4) is 0 Å². The van der Waals surface area contributed by atoms with Crippen LogP contribution < -0.4 is 11.1 Å². The Bertz CT molecular complexity index is 671. The number of amides is 1. The average molecular weight is 316 g/mol. The highest BCUT2D eigenvalue weighted by atomic mass is 32.2. The van der Waals surface area contributed by atoms with Crippen LogP contribution in [-0.4, -0.2) is 17.2 Å². The second-order valence-corrected chi connectivity index (χ2v) is 5.93. The fourth-order valence-electron chi connectivity index (χ4n) is 1.93. The maximum atomic E-state index is 12.3. The molecule has 0 unspecified atom stereocenters. The van der Waals surface area contributed by atoms with Gasteiger partial charge in [0, 0.05) is 22.6 Å². The Morgan fingerprint density at radius 1 is 1.24 bits per heavy atom. The first-order valence-corrected chi connectivity index (χ1v) is 8.04. The van der Waals surface area contributed by atoms with E-state index in [-0.39, 0.29) is 5.91 Å². The number of hydrogen-bond donors (Lipinski definition) is 2. The van der Waals surface area contributed by atoms with Gasteiger partial charge in [-0.3, -0.25) is 4.79 Å². The van der Waals surface area contributed by atoms with Gasteiger partial charge in [-0.05, 0) is 42.2 Å². The van der Waals surface area contributed by atoms with Crippen LogP contribution in [0.2, 0.25) is 0 Å². The van der Waals surface area contributed by atoms with E-state index in [1.54, 1.807) is 17.8 Å². The van der Waals surface area contributed by atoms with Gasteiger partial charge in [0.25, 0.3) is 5.91 Å². The molecule has 0 saturated heterocycles. The second kappa shape index (κ2) is 7.24. The lowest BCUT2D eigenvalue weighted by molar-refractivity contribution is 0.102. The Kier molecular flexibility index (Phi) is 5.36. The van der Waals surface area contributed by atoms with Crippen molar-refractivity contribution in [1.29, 1.82) is 0 Å². The molecule has 3 nitrogen and oxygen atoms in total. The predicted molar refractivity (Wildman–Crippen MR) is 93.1 cm³/mol. The van der Waals surface area contributed by atoms with Crippen LogP contribution in [0.1, 0.15) is 15.9 Å². The monoisotopic (exact) mass is 316 g/mol. The number of carbonyl (C=O) groups is 1. The molecule has 0 aliphatic rings. The molecule has 0 aliphatic heterocycles. The lowest BCUT2D eigenvalue weighted by atomic mass is 10.1. The van der Waals surface area contributed by atoms with Crippen LogP contribution in [0.25, 0.3) is 0 Å². The lowest BCUT2D eigenvalue weighted by Gasteiger charge is -2.08. The zero-order valence-corrected chi connectivity index (χ0v) is 13.3. The summed E-state index contributed by atoms with van der Waals surface area (Å²) in [5, 5.41) is 2.90. The molecule has 0 atom stereocenters. The third-order valence-electron chi connectivity index (χ3n) is 2.90. The Labute approximate surface area is 133 Å². The summed E-state index contributed by atoms with van der Waals surface area (Å²) >= 11 is 6.53. The zero-order valence-electron chi connectivity index (χ0n) is 11.6. The number of nitrogens with two attached hydrogens (primary N) is 1. The summed E-state index contributed by atoms with van der Waals surface area (Å²) in [6.07, 6.45) is 2.50. The maximum Gasteiger partial charge on any atom is 0.255 e. The summed E-state index contributed by atoms with van der Waals surface area (Å²) in [7, 11) is 0. The summed E-state index contributed by atoms with van der Waals surface area (Å²) in [5.74, 6) is -0.141. The Morgan fingerprint density at radius 2 is 2.00 bits per heavy atom. The smallest absolute Gasteiger partial charge is 0.255 e. The molecule has 5 heteroatoms. The number of benzene rings is 2. The van der Waals surface area contributed by atoms with E-state index in [1.807, 2.05) is 48.7 Å². The number of rotatable bonds is 5. The molecule has 0 spiro atoms. The van der Waals surface area contributed by atoms with Crippen LogP contribution in [0.15, 0.2) is 53.4 Å². The molecule has 2 rings (SSSR count). The Balaban J connectivity index is 2.14. The standard InChI is InChI=1S/C16H16N2OS2/c1-21-14-7-3-6-13(10-14)18-16(19)12-5-2-4-11(8-12)9-15(17)20/h2-8,10H,9H2,1H3,(H2,17,20)(H,18,19). The van der Waals surface area contributed by atoms with E-state index in [0.29, 0.717) is 17.0 Å². The van der Waals surface area contributed by atoms with E-state index in [0.717, 1.165) is 16.1 Å². The van der Waals surface area contributed by atoms with Crippen molar-refractivity contribution in [1.82, 2.24) is 0 Å². The van der Waals surface area contributed by atoms with Gasteiger partial charge < -0.3 is 11.1 Å². The molecule has 0 bridgehead atoms. The molecule has 108 valence electrons. The second-order valence-electron chi connectivity index (χ2n) is 4.53. The summed E-state index contributed by atoms with van der Waals surface area (Å²) in [4.78, 5) is 13.8. The normalized spacial score (nSPS) is 10.1. The van der Waals surface area contributed by atoms with Crippen LogP contribution in [0, 0.1) is 0 Å². The van der Waals surface area contributed by atoms with E-state index >= 15 is 0 Å². The topological polar surface area (TPSA) is 55.1 Å². The molecular formula is C16H16N2OS2. The van der Waals surface area contributed by atoms with Crippen molar-refractivity contribution in [3.63, 3.8) is 0 Å². The predicted octanol–water partition coefficient (Wildman–Crippen LogP) is 3.49. The first kappa shape index (κ1) is 15.5. The molecule has 0 saturated carbocycles. The molecule has 0 aromatic heterocycles. The minimum Gasteiger partial charge on any atom is -0.393 e. The zero-order chi connectivity index (χ0) is 15.2. The first-order valence-electron chi connectivity index (χ1n) is 6.41. The highest BCUT2D eigenvalue weighted by Gasteiger charge is 2.07. The van der Waals surface area contributed by atoms with E-state index in [4.69, 9.17) is 18.0 Å². The van der Waals surface area contributed by atoms with Crippen molar-refractivity contribution in [3.05, 3.63) is 59.7 Å². The maximum absolute atomic E-state index is 12.3. The van der Waals surface area contributed by atoms with Crippen LogP contribution in [0.5, 0.6) is 0 Å². The number of thioether (sulfide) groups is 1. The van der Waals surface area contributed by atoms with Crippen molar-refractivity contribution >= 4 is 40.6 Å². The van der Waals surface area contributed by atoms with Gasteiger partial charge in [-0.1, -0.05) is 30.4 Å². The summed E-state index contributed by atoms with van der Waals surface area (Å²) in [6, 6.07) is 15.1. The molecule has 0 fully saturated rings. The average Bonchev–Trinajstić information content (AvgIpc) is 2.47. The molecule has 2 aromatic rings. The minimum atomic E-state index is -0.141. The fraction of sp³-hybridized carbons (Fsp3) is 0.125. The lowest BCUT2D eigenvalue weighted by Crippen LogP contribution is -2.14. The van der Waals surface area contributed by atoms with Crippen LogP contribution >= 0.6 is 24.0 Å². The largest absolute Gasteiger partial charge is 0.393 e. The van der Waals surface area contributed by atoms with E-state index in [9.17, 15) is 4.79 Å². The molecule has 3 N–H and O–H groups in total. The third-order valence-corrected chi connectivity index (χ3v) is 3.76. The van der Waals surface area contributed by atoms with Gasteiger partial charge in [-0.2, -0.15) is 0 Å². The third kappa shape index (κ3) is 4.58. The molecule has 2 aromatic carbocycles. The highest BCUT2D eigenvalue weighted by Crippen LogP contribution is 2.19. The molecule has 0 aliphatic carbocycles. The van der Waals surface area contributed by atoms with E-state index in [2.05, 4.69) is 5.32 Å². The molecular weight excluding hydrogens is 300 g/mol. The van der Waals surface area contributed by atoms with Crippen LogP contribution in [-0.2, 0) is 6.42 Å². The SMILES string of the molecule is CSc1cccc(NC(=O)c2cccc(CC(N)=S)c2)c1. The van der Waals surface area contributed by atoms with Gasteiger partial charge in [0.05, 0.1) is 4.99 Å². The van der Waals surface area contributed by atoms with Crippen molar-refractivity contribution < 1.29 is 4.79 Å². The van der Waals surface area contributed by atoms with Gasteiger partial charge in [0.1, 0.15) is 0 Å². The van der Waals surface area contributed by atoms with Gasteiger partial charge in [0.15, 0.2) is 0 Å². The Hall–Kier alpha value is -1.85. The number of nitrogens with one attached hydrogen (secondary N) is 1. The van der Waals surface area contributed by atoms with Gasteiger partial charge in [-0.25, -0.2) is 0 Å². The molecule has 0 heterocycles. The van der Waals surface area contributed by atoms with Crippen LogP contribution in [0.4, 0.5) is 5.69 Å². The van der Waals surface area contributed by atoms with Gasteiger partial charge >= 0.3 is 0 Å². The summed E-state index contributed by atoms with van der Waals surface area (Å²) < 4.78 is 0. The van der Waals surface area contributed by atoms with Crippen molar-refractivity contribution in [2.45, 2.75) is 11.3 Å². The molecule has 21 heavy (non-hydrogen) atoms. The molecule has 0 radical (unpaired) electrons. The molecule has 1 amide bonds. The van der Waals surface area contributed by atoms with Gasteiger partial charge in [-0.15, -0.1) is 11.8 Å². The number of anilines is 1. The summed E-state index contributed by atoms with van der Waals surface area (Å²) in [5.41, 5.74) is 7.85. The fourth-order valence-corrected chi connectivity index (χ4v) is 2.55. The summed E-state index contributed by atoms with van der Waals surface area (Å²) in [6.45, 7) is 0. The number of thiocarbonyl (C=S) groups is 1.